The molecule has 2 aromatic rings. The van der Waals surface area contributed by atoms with Gasteiger partial charge in [0.15, 0.2) is 5.69 Å². The monoisotopic (exact) mass is 281 g/mol. The summed E-state index contributed by atoms with van der Waals surface area (Å²) in [7, 11) is 0. The van der Waals surface area contributed by atoms with Crippen molar-refractivity contribution in [2.75, 3.05) is 0 Å². The first-order chi connectivity index (χ1) is 7.65. The molecule has 0 saturated carbocycles. The second kappa shape index (κ2) is 4.44. The van der Waals surface area contributed by atoms with Crippen molar-refractivity contribution >= 4 is 21.9 Å². The summed E-state index contributed by atoms with van der Waals surface area (Å²) in [5.41, 5.74) is 0.966. The lowest BCUT2D eigenvalue weighted by atomic mass is 10.2. The fraction of sp³-hybridized carbons (Fsp3) is 0.100. The van der Waals surface area contributed by atoms with Crippen molar-refractivity contribution in [1.29, 1.82) is 0 Å². The number of aromatic carboxylic acids is 1. The van der Waals surface area contributed by atoms with Crippen LogP contribution in [-0.4, -0.2) is 26.1 Å². The van der Waals surface area contributed by atoms with E-state index in [9.17, 15) is 4.79 Å². The first-order valence-corrected chi connectivity index (χ1v) is 5.32. The maximum absolute atomic E-state index is 10.6. The Morgan fingerprint density at radius 3 is 2.62 bits per heavy atom. The number of hydrogen-bond donors (Lipinski definition) is 1. The molecule has 2 rings (SSSR count). The van der Waals surface area contributed by atoms with E-state index in [4.69, 9.17) is 5.11 Å². The van der Waals surface area contributed by atoms with E-state index in [2.05, 4.69) is 26.1 Å². The third-order valence-corrected chi connectivity index (χ3v) is 2.52. The van der Waals surface area contributed by atoms with Gasteiger partial charge in [0, 0.05) is 4.47 Å². The molecule has 0 unspecified atom stereocenters. The minimum absolute atomic E-state index is 0.0443. The zero-order chi connectivity index (χ0) is 11.5. The van der Waals surface area contributed by atoms with Gasteiger partial charge in [-0.2, -0.15) is 9.90 Å². The quantitative estimate of drug-likeness (QED) is 0.931. The van der Waals surface area contributed by atoms with Gasteiger partial charge in [-0.1, -0.05) is 28.1 Å². The molecule has 0 amide bonds. The lowest BCUT2D eigenvalue weighted by Crippen LogP contribution is -2.05. The average molecular weight is 282 g/mol. The Kier molecular flexibility index (Phi) is 3.00. The van der Waals surface area contributed by atoms with Gasteiger partial charge in [0.1, 0.15) is 0 Å². The Bertz CT molecular complexity index is 507. The molecule has 6 heteroatoms. The SMILES string of the molecule is O=C(O)c1cnn(Cc2ccc(Br)cc2)n1. The number of rotatable bonds is 3. The average Bonchev–Trinajstić information content (AvgIpc) is 2.70. The van der Waals surface area contributed by atoms with Crippen LogP contribution in [0.15, 0.2) is 34.9 Å². The van der Waals surface area contributed by atoms with Crippen molar-refractivity contribution in [2.24, 2.45) is 0 Å². The summed E-state index contributed by atoms with van der Waals surface area (Å²) in [4.78, 5) is 11.9. The number of halogens is 1. The van der Waals surface area contributed by atoms with E-state index in [1.54, 1.807) is 0 Å². The highest BCUT2D eigenvalue weighted by Crippen LogP contribution is 2.11. The van der Waals surface area contributed by atoms with Crippen molar-refractivity contribution in [3.05, 3.63) is 46.2 Å². The molecule has 0 spiro atoms. The summed E-state index contributed by atoms with van der Waals surface area (Å²) < 4.78 is 0.996. The maximum atomic E-state index is 10.6. The van der Waals surface area contributed by atoms with Crippen LogP contribution in [0.25, 0.3) is 0 Å². The Balaban J connectivity index is 2.14. The number of carboxylic acid groups (broad SMARTS) is 1. The maximum Gasteiger partial charge on any atom is 0.358 e. The largest absolute Gasteiger partial charge is 0.476 e. The van der Waals surface area contributed by atoms with Gasteiger partial charge in [0.25, 0.3) is 0 Å². The molecule has 0 aliphatic rings. The molecule has 1 N–H and O–H groups in total. The fourth-order valence-corrected chi connectivity index (χ4v) is 1.49. The molecular formula is C10H8BrN3O2. The summed E-state index contributed by atoms with van der Waals surface area (Å²) in [6, 6.07) is 7.68. The van der Waals surface area contributed by atoms with Crippen molar-refractivity contribution in [3.8, 4) is 0 Å². The highest BCUT2D eigenvalue weighted by molar-refractivity contribution is 9.10. The number of hydrogen-bond acceptors (Lipinski definition) is 3. The number of carbonyl (C=O) groups is 1. The van der Waals surface area contributed by atoms with Crippen molar-refractivity contribution in [3.63, 3.8) is 0 Å². The predicted octanol–water partition coefficient (Wildman–Crippen LogP) is 1.79. The minimum atomic E-state index is -1.07. The van der Waals surface area contributed by atoms with Crippen LogP contribution in [0.1, 0.15) is 16.1 Å². The third-order valence-electron chi connectivity index (χ3n) is 1.99. The Morgan fingerprint density at radius 2 is 2.06 bits per heavy atom. The highest BCUT2D eigenvalue weighted by atomic mass is 79.9. The normalized spacial score (nSPS) is 10.3. The Labute approximate surface area is 99.8 Å². The molecule has 0 bridgehead atoms. The molecule has 0 aliphatic heterocycles. The summed E-state index contributed by atoms with van der Waals surface area (Å²) in [5, 5.41) is 16.4. The number of nitrogens with zero attached hydrogens (tertiary/aromatic N) is 3. The minimum Gasteiger partial charge on any atom is -0.476 e. The van der Waals surface area contributed by atoms with E-state index in [1.165, 1.54) is 11.0 Å². The van der Waals surface area contributed by atoms with Crippen LogP contribution in [0.2, 0.25) is 0 Å². The van der Waals surface area contributed by atoms with Gasteiger partial charge in [-0.3, -0.25) is 0 Å². The van der Waals surface area contributed by atoms with Crippen LogP contribution in [0, 0.1) is 0 Å². The lowest BCUT2D eigenvalue weighted by molar-refractivity contribution is 0.0689. The number of carboxylic acids is 1. The van der Waals surface area contributed by atoms with Gasteiger partial charge in [-0.15, -0.1) is 5.10 Å². The molecule has 0 saturated heterocycles. The van der Waals surface area contributed by atoms with Crippen LogP contribution in [0.5, 0.6) is 0 Å². The molecule has 16 heavy (non-hydrogen) atoms. The summed E-state index contributed by atoms with van der Waals surface area (Å²) in [6.07, 6.45) is 1.24. The summed E-state index contributed by atoms with van der Waals surface area (Å²) >= 11 is 3.34. The van der Waals surface area contributed by atoms with Crippen LogP contribution in [-0.2, 0) is 6.54 Å². The van der Waals surface area contributed by atoms with Gasteiger partial charge in [-0.25, -0.2) is 4.79 Å². The second-order valence-corrected chi connectivity index (χ2v) is 4.11. The molecule has 0 atom stereocenters. The van der Waals surface area contributed by atoms with Crippen molar-refractivity contribution in [1.82, 2.24) is 15.0 Å². The predicted molar refractivity (Wildman–Crippen MR) is 60.2 cm³/mol. The summed E-state index contributed by atoms with van der Waals surface area (Å²) in [6.45, 7) is 0.459. The van der Waals surface area contributed by atoms with E-state index in [0.717, 1.165) is 10.0 Å². The molecule has 5 nitrogen and oxygen atoms in total. The van der Waals surface area contributed by atoms with Crippen LogP contribution < -0.4 is 0 Å². The van der Waals surface area contributed by atoms with Gasteiger partial charge in [0.2, 0.25) is 0 Å². The smallest absolute Gasteiger partial charge is 0.358 e. The molecule has 0 radical (unpaired) electrons. The number of benzene rings is 1. The van der Waals surface area contributed by atoms with Gasteiger partial charge in [0.05, 0.1) is 12.7 Å². The van der Waals surface area contributed by atoms with Gasteiger partial charge < -0.3 is 5.11 Å². The van der Waals surface area contributed by atoms with E-state index >= 15 is 0 Å². The zero-order valence-corrected chi connectivity index (χ0v) is 9.75. The van der Waals surface area contributed by atoms with Gasteiger partial charge >= 0.3 is 5.97 Å². The van der Waals surface area contributed by atoms with E-state index in [0.29, 0.717) is 6.54 Å². The van der Waals surface area contributed by atoms with Crippen LogP contribution >= 0.6 is 15.9 Å². The molecule has 0 aliphatic carbocycles. The van der Waals surface area contributed by atoms with Crippen molar-refractivity contribution < 1.29 is 9.90 Å². The van der Waals surface area contributed by atoms with Crippen LogP contribution in [0.4, 0.5) is 0 Å². The zero-order valence-electron chi connectivity index (χ0n) is 8.17. The highest BCUT2D eigenvalue weighted by Gasteiger charge is 2.07. The topological polar surface area (TPSA) is 68.0 Å². The second-order valence-electron chi connectivity index (χ2n) is 3.19. The first kappa shape index (κ1) is 10.8. The van der Waals surface area contributed by atoms with Crippen LogP contribution in [0.3, 0.4) is 0 Å². The van der Waals surface area contributed by atoms with E-state index in [1.807, 2.05) is 24.3 Å². The fourth-order valence-electron chi connectivity index (χ4n) is 1.22. The molecule has 1 aromatic heterocycles. The Morgan fingerprint density at radius 1 is 1.38 bits per heavy atom. The van der Waals surface area contributed by atoms with E-state index < -0.39 is 5.97 Å². The molecule has 1 aromatic carbocycles. The standard InChI is InChI=1S/C10H8BrN3O2/c11-8-3-1-7(2-4-8)6-14-12-5-9(13-14)10(15)16/h1-5H,6H2,(H,15,16). The molecule has 1 heterocycles. The summed E-state index contributed by atoms with van der Waals surface area (Å²) in [5.74, 6) is -1.07. The molecule has 82 valence electrons. The number of aromatic nitrogens is 3. The Hall–Kier alpha value is -1.69. The first-order valence-electron chi connectivity index (χ1n) is 4.53. The molecular weight excluding hydrogens is 274 g/mol. The lowest BCUT2D eigenvalue weighted by Gasteiger charge is -1.99. The molecule has 0 fully saturated rings. The van der Waals surface area contributed by atoms with Gasteiger partial charge in [-0.05, 0) is 17.7 Å². The van der Waals surface area contributed by atoms with E-state index in [-0.39, 0.29) is 5.69 Å². The third kappa shape index (κ3) is 2.46. The van der Waals surface area contributed by atoms with Crippen molar-refractivity contribution in [2.45, 2.75) is 6.54 Å².